The Labute approximate surface area is 211 Å². The molecule has 0 bridgehead atoms. The van der Waals surface area contributed by atoms with Gasteiger partial charge in [0, 0.05) is 64.1 Å². The van der Waals surface area contributed by atoms with Crippen molar-refractivity contribution in [3.63, 3.8) is 0 Å². The Morgan fingerprint density at radius 2 is 1.56 bits per heavy atom. The van der Waals surface area contributed by atoms with Gasteiger partial charge in [-0.25, -0.2) is 4.98 Å². The van der Waals surface area contributed by atoms with E-state index in [1.54, 1.807) is 28.0 Å². The highest BCUT2D eigenvalue weighted by atomic mass is 16.5. The summed E-state index contributed by atoms with van der Waals surface area (Å²) in [5.41, 5.74) is 3.68. The molecule has 3 saturated heterocycles. The first-order valence-electron chi connectivity index (χ1n) is 12.7. The molecule has 1 aromatic heterocycles. The molecule has 3 amide bonds. The lowest BCUT2D eigenvalue weighted by Crippen LogP contribution is -2.49. The molecular formula is C27H33N5O4. The van der Waals surface area contributed by atoms with Gasteiger partial charge in [-0.15, -0.1) is 0 Å². The first kappa shape index (κ1) is 24.2. The van der Waals surface area contributed by atoms with Crippen LogP contribution < -0.4 is 9.80 Å². The molecule has 0 N–H and O–H groups in total. The first-order chi connectivity index (χ1) is 17.4. The number of hydrogen-bond donors (Lipinski definition) is 0. The number of rotatable bonds is 4. The van der Waals surface area contributed by atoms with Crippen LogP contribution in [0.25, 0.3) is 0 Å². The van der Waals surface area contributed by atoms with E-state index in [1.165, 1.54) is 0 Å². The Kier molecular flexibility index (Phi) is 6.91. The molecule has 5 rings (SSSR count). The van der Waals surface area contributed by atoms with E-state index < -0.39 is 0 Å². The van der Waals surface area contributed by atoms with Crippen LogP contribution in [0, 0.1) is 13.8 Å². The predicted molar refractivity (Wildman–Crippen MR) is 137 cm³/mol. The Morgan fingerprint density at radius 1 is 0.861 bits per heavy atom. The number of aryl methyl sites for hydroxylation is 2. The highest BCUT2D eigenvalue weighted by Gasteiger charge is 2.30. The van der Waals surface area contributed by atoms with Crippen molar-refractivity contribution in [2.24, 2.45) is 0 Å². The van der Waals surface area contributed by atoms with Gasteiger partial charge >= 0.3 is 0 Å². The monoisotopic (exact) mass is 491 g/mol. The molecule has 0 atom stereocenters. The number of carbonyl (C=O) groups is 3. The van der Waals surface area contributed by atoms with Gasteiger partial charge in [0.1, 0.15) is 5.82 Å². The van der Waals surface area contributed by atoms with Crippen molar-refractivity contribution < 1.29 is 19.1 Å². The molecule has 190 valence electrons. The van der Waals surface area contributed by atoms with Gasteiger partial charge in [-0.3, -0.25) is 14.4 Å². The average Bonchev–Trinajstić information content (AvgIpc) is 3.34. The maximum Gasteiger partial charge on any atom is 0.254 e. The van der Waals surface area contributed by atoms with E-state index in [0.29, 0.717) is 82.3 Å². The van der Waals surface area contributed by atoms with Crippen LogP contribution in [0.4, 0.5) is 11.5 Å². The Morgan fingerprint density at radius 3 is 2.22 bits per heavy atom. The molecule has 0 aliphatic carbocycles. The molecule has 0 radical (unpaired) electrons. The number of aromatic nitrogens is 1. The molecule has 3 aliphatic heterocycles. The van der Waals surface area contributed by atoms with Gasteiger partial charge in [-0.05, 0) is 49.6 Å². The minimum Gasteiger partial charge on any atom is -0.378 e. The second-order valence-corrected chi connectivity index (χ2v) is 9.72. The van der Waals surface area contributed by atoms with Crippen LogP contribution in [0.15, 0.2) is 30.5 Å². The van der Waals surface area contributed by atoms with Crippen molar-refractivity contribution in [1.29, 1.82) is 0 Å². The van der Waals surface area contributed by atoms with Crippen LogP contribution in [0.5, 0.6) is 0 Å². The quantitative estimate of drug-likeness (QED) is 0.652. The topological polar surface area (TPSA) is 86.3 Å². The van der Waals surface area contributed by atoms with Gasteiger partial charge in [-0.2, -0.15) is 0 Å². The fourth-order valence-corrected chi connectivity index (χ4v) is 5.25. The van der Waals surface area contributed by atoms with Gasteiger partial charge in [0.05, 0.1) is 24.3 Å². The largest absolute Gasteiger partial charge is 0.378 e. The normalized spacial score (nSPS) is 18.7. The van der Waals surface area contributed by atoms with Gasteiger partial charge in [0.2, 0.25) is 5.91 Å². The maximum absolute atomic E-state index is 13.7. The minimum absolute atomic E-state index is 0.0509. The summed E-state index contributed by atoms with van der Waals surface area (Å²) in [5, 5.41) is 0. The summed E-state index contributed by atoms with van der Waals surface area (Å²) in [7, 11) is 0. The van der Waals surface area contributed by atoms with Gasteiger partial charge in [0.15, 0.2) is 0 Å². The number of anilines is 2. The number of benzene rings is 1. The average molecular weight is 492 g/mol. The van der Waals surface area contributed by atoms with Crippen LogP contribution in [0.2, 0.25) is 0 Å². The SMILES string of the molecule is Cc1cnc(N2CCN(C(=O)c3ccc(N4CCCC4=O)cc3C(=O)N3CCOCC3)CC2)c(C)c1. The van der Waals surface area contributed by atoms with E-state index in [2.05, 4.69) is 22.9 Å². The third-order valence-corrected chi connectivity index (χ3v) is 7.20. The Balaban J connectivity index is 1.38. The number of ether oxygens (including phenoxy) is 1. The van der Waals surface area contributed by atoms with Crippen LogP contribution in [0.3, 0.4) is 0 Å². The zero-order valence-corrected chi connectivity index (χ0v) is 21.0. The number of amides is 3. The van der Waals surface area contributed by atoms with Crippen molar-refractivity contribution in [2.75, 3.05) is 68.8 Å². The zero-order valence-electron chi connectivity index (χ0n) is 21.0. The lowest BCUT2D eigenvalue weighted by Gasteiger charge is -2.36. The molecule has 9 heteroatoms. The van der Waals surface area contributed by atoms with E-state index >= 15 is 0 Å². The van der Waals surface area contributed by atoms with Crippen LogP contribution in [-0.2, 0) is 9.53 Å². The standard InChI is InChI=1S/C27H33N5O4/c1-19-16-20(2)25(28-18-19)29-8-10-30(11-9-29)26(34)22-6-5-21(32-7-3-4-24(32)33)17-23(22)27(35)31-12-14-36-15-13-31/h5-6,16-18H,3-4,7-15H2,1-2H3. The third-order valence-electron chi connectivity index (χ3n) is 7.20. The van der Waals surface area contributed by atoms with E-state index in [0.717, 1.165) is 23.4 Å². The fourth-order valence-electron chi connectivity index (χ4n) is 5.25. The lowest BCUT2D eigenvalue weighted by molar-refractivity contribution is -0.117. The van der Waals surface area contributed by atoms with Crippen LogP contribution in [0.1, 0.15) is 44.7 Å². The zero-order chi connectivity index (χ0) is 25.2. The summed E-state index contributed by atoms with van der Waals surface area (Å²) in [5.74, 6) is 0.665. The van der Waals surface area contributed by atoms with Crippen molar-refractivity contribution in [3.05, 3.63) is 52.7 Å². The first-order valence-corrected chi connectivity index (χ1v) is 12.7. The third kappa shape index (κ3) is 4.80. The summed E-state index contributed by atoms with van der Waals surface area (Å²) in [6.45, 7) is 9.10. The summed E-state index contributed by atoms with van der Waals surface area (Å²) in [4.78, 5) is 51.6. The fraction of sp³-hybridized carbons (Fsp3) is 0.481. The Hall–Kier alpha value is -3.46. The number of piperazine rings is 1. The van der Waals surface area contributed by atoms with E-state index in [1.807, 2.05) is 18.0 Å². The molecule has 2 aromatic rings. The molecule has 0 spiro atoms. The summed E-state index contributed by atoms with van der Waals surface area (Å²) < 4.78 is 5.41. The number of hydrogen-bond acceptors (Lipinski definition) is 6. The summed E-state index contributed by atoms with van der Waals surface area (Å²) in [6.07, 6.45) is 3.18. The van der Waals surface area contributed by atoms with Crippen molar-refractivity contribution in [2.45, 2.75) is 26.7 Å². The number of carbonyl (C=O) groups excluding carboxylic acids is 3. The second-order valence-electron chi connectivity index (χ2n) is 9.72. The van der Waals surface area contributed by atoms with E-state index in [-0.39, 0.29) is 17.7 Å². The maximum atomic E-state index is 13.7. The second kappa shape index (κ2) is 10.3. The number of nitrogens with zero attached hydrogens (tertiary/aromatic N) is 5. The van der Waals surface area contributed by atoms with Crippen molar-refractivity contribution in [1.82, 2.24) is 14.8 Å². The number of morpholine rings is 1. The van der Waals surface area contributed by atoms with Gasteiger partial charge in [0.25, 0.3) is 11.8 Å². The van der Waals surface area contributed by atoms with Gasteiger partial charge < -0.3 is 24.3 Å². The predicted octanol–water partition coefficient (Wildman–Crippen LogP) is 2.26. The smallest absolute Gasteiger partial charge is 0.254 e. The molecule has 9 nitrogen and oxygen atoms in total. The molecule has 0 unspecified atom stereocenters. The highest BCUT2D eigenvalue weighted by molar-refractivity contribution is 6.09. The molecule has 1 aromatic carbocycles. The van der Waals surface area contributed by atoms with Crippen molar-refractivity contribution in [3.8, 4) is 0 Å². The lowest BCUT2D eigenvalue weighted by atomic mass is 10.0. The van der Waals surface area contributed by atoms with Gasteiger partial charge in [-0.1, -0.05) is 6.07 Å². The molecule has 4 heterocycles. The van der Waals surface area contributed by atoms with E-state index in [4.69, 9.17) is 4.74 Å². The summed E-state index contributed by atoms with van der Waals surface area (Å²) in [6, 6.07) is 7.36. The molecule has 3 aliphatic rings. The molecular weight excluding hydrogens is 458 g/mol. The van der Waals surface area contributed by atoms with E-state index in [9.17, 15) is 14.4 Å². The minimum atomic E-state index is -0.187. The van der Waals surface area contributed by atoms with Crippen LogP contribution >= 0.6 is 0 Å². The van der Waals surface area contributed by atoms with Crippen molar-refractivity contribution >= 4 is 29.2 Å². The molecule has 0 saturated carbocycles. The Bertz CT molecular complexity index is 1170. The molecule has 36 heavy (non-hydrogen) atoms. The summed E-state index contributed by atoms with van der Waals surface area (Å²) >= 11 is 0. The molecule has 3 fully saturated rings. The number of pyridine rings is 1. The van der Waals surface area contributed by atoms with Crippen LogP contribution in [-0.4, -0.2) is 91.5 Å². The highest BCUT2D eigenvalue weighted by Crippen LogP contribution is 2.27.